The molecule has 0 aromatic heterocycles. The first-order chi connectivity index (χ1) is 6.36. The van der Waals surface area contributed by atoms with E-state index in [1.807, 2.05) is 0 Å². The SMILES string of the molecule is Ic1ccccc1NCCC1CC1. The van der Waals surface area contributed by atoms with Gasteiger partial charge in [-0.05, 0) is 47.1 Å². The van der Waals surface area contributed by atoms with Gasteiger partial charge in [0.1, 0.15) is 0 Å². The lowest BCUT2D eigenvalue weighted by Gasteiger charge is -2.07. The Labute approximate surface area is 93.1 Å². The first-order valence-corrected chi connectivity index (χ1v) is 5.92. The summed E-state index contributed by atoms with van der Waals surface area (Å²) in [5.74, 6) is 1.02. The van der Waals surface area contributed by atoms with E-state index in [9.17, 15) is 0 Å². The van der Waals surface area contributed by atoms with Crippen molar-refractivity contribution in [1.29, 1.82) is 0 Å². The number of anilines is 1. The topological polar surface area (TPSA) is 12.0 Å². The van der Waals surface area contributed by atoms with E-state index in [0.717, 1.165) is 12.5 Å². The van der Waals surface area contributed by atoms with Gasteiger partial charge in [0.25, 0.3) is 0 Å². The van der Waals surface area contributed by atoms with Gasteiger partial charge in [-0.15, -0.1) is 0 Å². The van der Waals surface area contributed by atoms with Crippen LogP contribution in [-0.4, -0.2) is 6.54 Å². The second-order valence-electron chi connectivity index (χ2n) is 3.64. The van der Waals surface area contributed by atoms with Crippen LogP contribution in [0.25, 0.3) is 0 Å². The zero-order valence-electron chi connectivity index (χ0n) is 7.59. The molecule has 0 aliphatic heterocycles. The van der Waals surface area contributed by atoms with Crippen LogP contribution in [0.4, 0.5) is 5.69 Å². The fourth-order valence-corrected chi connectivity index (χ4v) is 2.00. The van der Waals surface area contributed by atoms with Crippen molar-refractivity contribution in [2.75, 3.05) is 11.9 Å². The predicted octanol–water partition coefficient (Wildman–Crippen LogP) is 3.50. The van der Waals surface area contributed by atoms with Gasteiger partial charge in [-0.1, -0.05) is 25.0 Å². The number of hydrogen-bond donors (Lipinski definition) is 1. The van der Waals surface area contributed by atoms with Gasteiger partial charge < -0.3 is 5.32 Å². The quantitative estimate of drug-likeness (QED) is 0.836. The highest BCUT2D eigenvalue weighted by molar-refractivity contribution is 14.1. The summed E-state index contributed by atoms with van der Waals surface area (Å²) in [5, 5.41) is 3.48. The van der Waals surface area contributed by atoms with Crippen molar-refractivity contribution in [3.8, 4) is 0 Å². The maximum atomic E-state index is 3.48. The monoisotopic (exact) mass is 287 g/mol. The molecule has 1 saturated carbocycles. The van der Waals surface area contributed by atoms with Crippen molar-refractivity contribution in [2.45, 2.75) is 19.3 Å². The molecule has 1 nitrogen and oxygen atoms in total. The summed E-state index contributed by atoms with van der Waals surface area (Å²) in [5.41, 5.74) is 1.28. The molecule has 0 heterocycles. The Hall–Kier alpha value is -0.250. The molecule has 2 heteroatoms. The molecule has 1 aliphatic carbocycles. The van der Waals surface area contributed by atoms with E-state index in [1.165, 1.54) is 28.5 Å². The number of halogens is 1. The largest absolute Gasteiger partial charge is 0.384 e. The summed E-state index contributed by atoms with van der Waals surface area (Å²) < 4.78 is 1.32. The number of nitrogens with one attached hydrogen (secondary N) is 1. The molecule has 1 aromatic carbocycles. The highest BCUT2D eigenvalue weighted by Crippen LogP contribution is 2.32. The third-order valence-corrected chi connectivity index (χ3v) is 3.38. The summed E-state index contributed by atoms with van der Waals surface area (Å²) in [6.45, 7) is 1.13. The molecular weight excluding hydrogens is 273 g/mol. The predicted molar refractivity (Wildman–Crippen MR) is 65.0 cm³/mol. The Morgan fingerprint density at radius 3 is 2.77 bits per heavy atom. The minimum absolute atomic E-state index is 1.02. The zero-order chi connectivity index (χ0) is 9.10. The van der Waals surface area contributed by atoms with E-state index in [1.54, 1.807) is 0 Å². The molecule has 0 saturated heterocycles. The lowest BCUT2D eigenvalue weighted by molar-refractivity contribution is 0.760. The van der Waals surface area contributed by atoms with E-state index < -0.39 is 0 Å². The van der Waals surface area contributed by atoms with Gasteiger partial charge in [0.15, 0.2) is 0 Å². The van der Waals surface area contributed by atoms with Crippen LogP contribution in [0.3, 0.4) is 0 Å². The molecule has 1 aromatic rings. The van der Waals surface area contributed by atoms with Crippen LogP contribution in [0, 0.1) is 9.49 Å². The number of rotatable bonds is 4. The summed E-state index contributed by atoms with van der Waals surface area (Å²) in [6.07, 6.45) is 4.24. The van der Waals surface area contributed by atoms with Gasteiger partial charge in [0, 0.05) is 15.8 Å². The molecule has 13 heavy (non-hydrogen) atoms. The Kier molecular flexibility index (Phi) is 3.09. The van der Waals surface area contributed by atoms with E-state index >= 15 is 0 Å². The van der Waals surface area contributed by atoms with E-state index in [0.29, 0.717) is 0 Å². The van der Waals surface area contributed by atoms with Gasteiger partial charge in [-0.3, -0.25) is 0 Å². The zero-order valence-corrected chi connectivity index (χ0v) is 9.75. The minimum atomic E-state index is 1.02. The second kappa shape index (κ2) is 4.31. The van der Waals surface area contributed by atoms with Crippen molar-refractivity contribution in [1.82, 2.24) is 0 Å². The summed E-state index contributed by atoms with van der Waals surface area (Å²) in [6, 6.07) is 8.45. The van der Waals surface area contributed by atoms with Crippen molar-refractivity contribution in [3.63, 3.8) is 0 Å². The lowest BCUT2D eigenvalue weighted by atomic mass is 10.2. The summed E-state index contributed by atoms with van der Waals surface area (Å²) in [4.78, 5) is 0. The summed E-state index contributed by atoms with van der Waals surface area (Å²) in [7, 11) is 0. The Bertz CT molecular complexity index is 281. The molecule has 0 radical (unpaired) electrons. The van der Waals surface area contributed by atoms with Crippen molar-refractivity contribution in [2.24, 2.45) is 5.92 Å². The highest BCUT2D eigenvalue weighted by Gasteiger charge is 2.20. The maximum absolute atomic E-state index is 3.48. The molecule has 70 valence electrons. The maximum Gasteiger partial charge on any atom is 0.0475 e. The smallest absolute Gasteiger partial charge is 0.0475 e. The molecule has 0 amide bonds. The molecule has 0 bridgehead atoms. The first-order valence-electron chi connectivity index (χ1n) is 4.84. The van der Waals surface area contributed by atoms with Gasteiger partial charge in [0.2, 0.25) is 0 Å². The summed E-state index contributed by atoms with van der Waals surface area (Å²) >= 11 is 2.37. The van der Waals surface area contributed by atoms with E-state index in [2.05, 4.69) is 52.2 Å². The Morgan fingerprint density at radius 1 is 1.31 bits per heavy atom. The molecule has 0 unspecified atom stereocenters. The molecular formula is C11H14IN. The van der Waals surface area contributed by atoms with Crippen LogP contribution >= 0.6 is 22.6 Å². The van der Waals surface area contributed by atoms with Crippen molar-refractivity contribution in [3.05, 3.63) is 27.8 Å². The lowest BCUT2D eigenvalue weighted by Crippen LogP contribution is -2.03. The Balaban J connectivity index is 1.82. The van der Waals surface area contributed by atoms with Crippen molar-refractivity contribution < 1.29 is 0 Å². The molecule has 0 atom stereocenters. The van der Waals surface area contributed by atoms with Crippen LogP contribution in [0.1, 0.15) is 19.3 Å². The number of benzene rings is 1. The van der Waals surface area contributed by atoms with Gasteiger partial charge >= 0.3 is 0 Å². The van der Waals surface area contributed by atoms with Crippen molar-refractivity contribution >= 4 is 28.3 Å². The minimum Gasteiger partial charge on any atom is -0.384 e. The standard InChI is InChI=1S/C11H14IN/c12-10-3-1-2-4-11(10)13-8-7-9-5-6-9/h1-4,9,13H,5-8H2. The fraction of sp³-hybridized carbons (Fsp3) is 0.455. The van der Waals surface area contributed by atoms with Crippen LogP contribution in [-0.2, 0) is 0 Å². The number of para-hydroxylation sites is 1. The fourth-order valence-electron chi connectivity index (χ4n) is 1.42. The highest BCUT2D eigenvalue weighted by atomic mass is 127. The van der Waals surface area contributed by atoms with E-state index in [4.69, 9.17) is 0 Å². The van der Waals surface area contributed by atoms with Gasteiger partial charge in [-0.2, -0.15) is 0 Å². The van der Waals surface area contributed by atoms with Crippen LogP contribution in [0.15, 0.2) is 24.3 Å². The normalized spacial score (nSPS) is 15.8. The Morgan fingerprint density at radius 2 is 2.08 bits per heavy atom. The third kappa shape index (κ3) is 2.86. The molecule has 1 N–H and O–H groups in total. The molecule has 0 spiro atoms. The number of hydrogen-bond acceptors (Lipinski definition) is 1. The van der Waals surface area contributed by atoms with Gasteiger partial charge in [0.05, 0.1) is 0 Å². The van der Waals surface area contributed by atoms with E-state index in [-0.39, 0.29) is 0 Å². The van der Waals surface area contributed by atoms with Gasteiger partial charge in [-0.25, -0.2) is 0 Å². The average molecular weight is 287 g/mol. The average Bonchev–Trinajstić information content (AvgIpc) is 2.92. The second-order valence-corrected chi connectivity index (χ2v) is 4.80. The van der Waals surface area contributed by atoms with Crippen LogP contribution in [0.5, 0.6) is 0 Å². The molecule has 1 fully saturated rings. The van der Waals surface area contributed by atoms with Crippen LogP contribution < -0.4 is 5.32 Å². The van der Waals surface area contributed by atoms with Crippen LogP contribution in [0.2, 0.25) is 0 Å². The molecule has 1 aliphatic rings. The third-order valence-electron chi connectivity index (χ3n) is 2.44. The molecule has 2 rings (SSSR count). The first kappa shape index (κ1) is 9.31.